The lowest BCUT2D eigenvalue weighted by molar-refractivity contribution is 0.251. The Hall–Kier alpha value is -2.29. The van der Waals surface area contributed by atoms with Gasteiger partial charge in [0.25, 0.3) is 0 Å². The van der Waals surface area contributed by atoms with Crippen molar-refractivity contribution in [3.63, 3.8) is 0 Å². The van der Waals surface area contributed by atoms with Crippen molar-refractivity contribution >= 4 is 11.7 Å². The number of aryl methyl sites for hydroxylation is 2. The summed E-state index contributed by atoms with van der Waals surface area (Å²) in [5.74, 6) is 0. The zero-order chi connectivity index (χ0) is 14.4. The Labute approximate surface area is 120 Å². The molecule has 2 aromatic rings. The van der Waals surface area contributed by atoms with Crippen LogP contribution in [0, 0.1) is 6.92 Å². The van der Waals surface area contributed by atoms with E-state index in [9.17, 15) is 4.79 Å². The van der Waals surface area contributed by atoms with E-state index in [0.29, 0.717) is 6.54 Å². The number of carbonyl (C=O) groups is 1. The number of nitrogens with one attached hydrogen (secondary N) is 2. The summed E-state index contributed by atoms with van der Waals surface area (Å²) in [6.45, 7) is 4.67. The van der Waals surface area contributed by atoms with Crippen LogP contribution in [0.1, 0.15) is 23.6 Å². The number of anilines is 1. The zero-order valence-corrected chi connectivity index (χ0v) is 11.9. The van der Waals surface area contributed by atoms with Crippen LogP contribution in [0.3, 0.4) is 0 Å². The average Bonchev–Trinajstić information content (AvgIpc) is 2.46. The molecule has 0 aliphatic carbocycles. The van der Waals surface area contributed by atoms with Gasteiger partial charge in [-0.1, -0.05) is 43.3 Å². The van der Waals surface area contributed by atoms with Crippen LogP contribution < -0.4 is 10.6 Å². The molecule has 0 aromatic heterocycles. The number of hydrogen-bond acceptors (Lipinski definition) is 1. The standard InChI is InChI=1S/C17H20N2O/c1-3-14-8-6-10-16(11-14)19-17(20)18-12-15-9-5-4-7-13(15)2/h4-11H,3,12H2,1-2H3,(H2,18,19,20). The largest absolute Gasteiger partial charge is 0.334 e. The summed E-state index contributed by atoms with van der Waals surface area (Å²) < 4.78 is 0. The molecule has 2 rings (SSSR count). The molecular formula is C17H20N2O. The van der Waals surface area contributed by atoms with Gasteiger partial charge < -0.3 is 10.6 Å². The fourth-order valence-electron chi connectivity index (χ4n) is 2.03. The third-order valence-electron chi connectivity index (χ3n) is 3.29. The Morgan fingerprint density at radius 2 is 1.90 bits per heavy atom. The Kier molecular flexibility index (Phi) is 4.77. The van der Waals surface area contributed by atoms with Crippen molar-refractivity contribution in [1.29, 1.82) is 0 Å². The van der Waals surface area contributed by atoms with Gasteiger partial charge in [-0.15, -0.1) is 0 Å². The van der Waals surface area contributed by atoms with Crippen molar-refractivity contribution in [2.45, 2.75) is 26.8 Å². The maximum atomic E-state index is 11.9. The van der Waals surface area contributed by atoms with E-state index >= 15 is 0 Å². The summed E-state index contributed by atoms with van der Waals surface area (Å²) in [5.41, 5.74) is 4.35. The van der Waals surface area contributed by atoms with Gasteiger partial charge in [-0.25, -0.2) is 4.79 Å². The minimum absolute atomic E-state index is 0.179. The summed E-state index contributed by atoms with van der Waals surface area (Å²) in [7, 11) is 0. The Morgan fingerprint density at radius 1 is 1.10 bits per heavy atom. The van der Waals surface area contributed by atoms with Gasteiger partial charge in [-0.3, -0.25) is 0 Å². The first kappa shape index (κ1) is 14.1. The SMILES string of the molecule is CCc1cccc(NC(=O)NCc2ccccc2C)c1. The Balaban J connectivity index is 1.91. The highest BCUT2D eigenvalue weighted by Crippen LogP contribution is 2.11. The highest BCUT2D eigenvalue weighted by Gasteiger charge is 2.03. The van der Waals surface area contributed by atoms with E-state index in [4.69, 9.17) is 0 Å². The lowest BCUT2D eigenvalue weighted by Gasteiger charge is -2.10. The molecule has 0 saturated heterocycles. The third-order valence-corrected chi connectivity index (χ3v) is 3.29. The number of carbonyl (C=O) groups excluding carboxylic acids is 1. The highest BCUT2D eigenvalue weighted by atomic mass is 16.2. The first-order valence-corrected chi connectivity index (χ1v) is 6.87. The van der Waals surface area contributed by atoms with Gasteiger partial charge in [0, 0.05) is 12.2 Å². The molecule has 0 radical (unpaired) electrons. The molecule has 0 unspecified atom stereocenters. The van der Waals surface area contributed by atoms with E-state index in [1.165, 1.54) is 11.1 Å². The highest BCUT2D eigenvalue weighted by molar-refractivity contribution is 5.89. The number of hydrogen-bond donors (Lipinski definition) is 2. The minimum atomic E-state index is -0.179. The van der Waals surface area contributed by atoms with Crippen LogP contribution >= 0.6 is 0 Å². The average molecular weight is 268 g/mol. The minimum Gasteiger partial charge on any atom is -0.334 e. The summed E-state index contributed by atoms with van der Waals surface area (Å²) >= 11 is 0. The summed E-state index contributed by atoms with van der Waals surface area (Å²) in [6, 6.07) is 15.8. The van der Waals surface area contributed by atoms with Gasteiger partial charge >= 0.3 is 6.03 Å². The zero-order valence-electron chi connectivity index (χ0n) is 11.9. The van der Waals surface area contributed by atoms with E-state index in [1.807, 2.05) is 49.4 Å². The molecule has 3 heteroatoms. The quantitative estimate of drug-likeness (QED) is 0.868. The summed E-state index contributed by atoms with van der Waals surface area (Å²) in [4.78, 5) is 11.9. The Bertz CT molecular complexity index is 593. The predicted molar refractivity (Wildman–Crippen MR) is 82.9 cm³/mol. The molecule has 0 saturated carbocycles. The first-order valence-electron chi connectivity index (χ1n) is 6.87. The molecule has 0 fully saturated rings. The fraction of sp³-hybridized carbons (Fsp3) is 0.235. The second kappa shape index (κ2) is 6.75. The van der Waals surface area contributed by atoms with Crippen LogP contribution in [0.2, 0.25) is 0 Å². The first-order chi connectivity index (χ1) is 9.69. The number of amides is 2. The molecule has 20 heavy (non-hydrogen) atoms. The molecule has 0 heterocycles. The molecule has 2 aromatic carbocycles. The van der Waals surface area contributed by atoms with Crippen molar-refractivity contribution in [1.82, 2.24) is 5.32 Å². The van der Waals surface area contributed by atoms with E-state index < -0.39 is 0 Å². The van der Waals surface area contributed by atoms with Crippen molar-refractivity contribution in [2.75, 3.05) is 5.32 Å². The molecule has 2 amide bonds. The molecule has 3 nitrogen and oxygen atoms in total. The van der Waals surface area contributed by atoms with E-state index in [-0.39, 0.29) is 6.03 Å². The van der Waals surface area contributed by atoms with Gasteiger partial charge in [0.05, 0.1) is 0 Å². The van der Waals surface area contributed by atoms with Gasteiger partial charge in [0.2, 0.25) is 0 Å². The Morgan fingerprint density at radius 3 is 2.65 bits per heavy atom. The van der Waals surface area contributed by atoms with E-state index in [2.05, 4.69) is 23.6 Å². The molecule has 0 bridgehead atoms. The van der Waals surface area contributed by atoms with Gasteiger partial charge in [0.15, 0.2) is 0 Å². The third kappa shape index (κ3) is 3.85. The van der Waals surface area contributed by atoms with Crippen LogP contribution in [0.5, 0.6) is 0 Å². The number of rotatable bonds is 4. The maximum Gasteiger partial charge on any atom is 0.319 e. The fourth-order valence-corrected chi connectivity index (χ4v) is 2.03. The topological polar surface area (TPSA) is 41.1 Å². The second-order valence-corrected chi connectivity index (χ2v) is 4.79. The monoisotopic (exact) mass is 268 g/mol. The molecular weight excluding hydrogens is 248 g/mol. The van der Waals surface area contributed by atoms with E-state index in [1.54, 1.807) is 0 Å². The van der Waals surface area contributed by atoms with Crippen molar-refractivity contribution < 1.29 is 4.79 Å². The second-order valence-electron chi connectivity index (χ2n) is 4.79. The van der Waals surface area contributed by atoms with E-state index in [0.717, 1.165) is 17.7 Å². The number of urea groups is 1. The smallest absolute Gasteiger partial charge is 0.319 e. The van der Waals surface area contributed by atoms with Crippen LogP contribution in [-0.2, 0) is 13.0 Å². The van der Waals surface area contributed by atoms with Crippen LogP contribution in [0.15, 0.2) is 48.5 Å². The molecule has 0 atom stereocenters. The molecule has 104 valence electrons. The predicted octanol–water partition coefficient (Wildman–Crippen LogP) is 3.88. The maximum absolute atomic E-state index is 11.9. The molecule has 2 N–H and O–H groups in total. The van der Waals surface area contributed by atoms with Gasteiger partial charge in [-0.2, -0.15) is 0 Å². The van der Waals surface area contributed by atoms with Gasteiger partial charge in [-0.05, 0) is 42.2 Å². The van der Waals surface area contributed by atoms with Crippen molar-refractivity contribution in [3.05, 3.63) is 65.2 Å². The molecule has 0 aliphatic rings. The summed E-state index contributed by atoms with van der Waals surface area (Å²) in [6.07, 6.45) is 0.959. The molecule has 0 aliphatic heterocycles. The number of benzene rings is 2. The van der Waals surface area contributed by atoms with Crippen LogP contribution in [0.4, 0.5) is 10.5 Å². The molecule has 0 spiro atoms. The van der Waals surface area contributed by atoms with Crippen LogP contribution in [-0.4, -0.2) is 6.03 Å². The van der Waals surface area contributed by atoms with Crippen molar-refractivity contribution in [3.8, 4) is 0 Å². The summed E-state index contributed by atoms with van der Waals surface area (Å²) in [5, 5.41) is 5.73. The van der Waals surface area contributed by atoms with Crippen LogP contribution in [0.25, 0.3) is 0 Å². The normalized spacial score (nSPS) is 10.1. The lowest BCUT2D eigenvalue weighted by Crippen LogP contribution is -2.28. The van der Waals surface area contributed by atoms with Gasteiger partial charge in [0.1, 0.15) is 0 Å². The van der Waals surface area contributed by atoms with Crippen molar-refractivity contribution in [2.24, 2.45) is 0 Å². The lowest BCUT2D eigenvalue weighted by atomic mass is 10.1.